The Morgan fingerprint density at radius 1 is 1.00 bits per heavy atom. The zero-order chi connectivity index (χ0) is 15.2. The van der Waals surface area contributed by atoms with E-state index in [9.17, 15) is 14.4 Å². The molecule has 6 nitrogen and oxygen atoms in total. The average molecular weight is 296 g/mol. The molecule has 0 aromatic carbocycles. The molecule has 0 aliphatic heterocycles. The van der Waals surface area contributed by atoms with E-state index in [0.717, 1.165) is 12.8 Å². The van der Waals surface area contributed by atoms with Crippen molar-refractivity contribution < 1.29 is 19.5 Å². The van der Waals surface area contributed by atoms with Crippen LogP contribution in [0.5, 0.6) is 0 Å². The normalized spacial score (nSPS) is 25.7. The summed E-state index contributed by atoms with van der Waals surface area (Å²) < 4.78 is 0. The molecule has 6 heteroatoms. The molecule has 0 aromatic rings. The van der Waals surface area contributed by atoms with Crippen LogP contribution in [0.2, 0.25) is 0 Å². The Kier molecular flexibility index (Phi) is 5.59. The van der Waals surface area contributed by atoms with E-state index in [1.807, 2.05) is 0 Å². The van der Waals surface area contributed by atoms with Crippen LogP contribution < -0.4 is 10.6 Å². The Labute approximate surface area is 124 Å². The van der Waals surface area contributed by atoms with Crippen LogP contribution in [-0.2, 0) is 14.4 Å². The van der Waals surface area contributed by atoms with Crippen LogP contribution in [0.1, 0.15) is 51.4 Å². The highest BCUT2D eigenvalue weighted by Gasteiger charge is 2.35. The van der Waals surface area contributed by atoms with Gasteiger partial charge < -0.3 is 15.7 Å². The van der Waals surface area contributed by atoms with Gasteiger partial charge in [-0.1, -0.05) is 19.3 Å². The highest BCUT2D eigenvalue weighted by atomic mass is 16.4. The van der Waals surface area contributed by atoms with Gasteiger partial charge >= 0.3 is 5.97 Å². The molecular weight excluding hydrogens is 272 g/mol. The summed E-state index contributed by atoms with van der Waals surface area (Å²) in [6.07, 6.45) is 7.36. The molecule has 3 N–H and O–H groups in total. The van der Waals surface area contributed by atoms with Crippen molar-refractivity contribution in [3.8, 4) is 0 Å². The lowest BCUT2D eigenvalue weighted by molar-refractivity contribution is -0.146. The number of carbonyl (C=O) groups excluding carboxylic acids is 2. The summed E-state index contributed by atoms with van der Waals surface area (Å²) in [7, 11) is 0. The van der Waals surface area contributed by atoms with Crippen molar-refractivity contribution in [1.82, 2.24) is 10.6 Å². The van der Waals surface area contributed by atoms with Crippen molar-refractivity contribution in [3.63, 3.8) is 0 Å². The summed E-state index contributed by atoms with van der Waals surface area (Å²) in [5.41, 5.74) is 0. The van der Waals surface area contributed by atoms with Crippen LogP contribution in [0.3, 0.4) is 0 Å². The van der Waals surface area contributed by atoms with Gasteiger partial charge in [-0.25, -0.2) is 0 Å². The van der Waals surface area contributed by atoms with Gasteiger partial charge in [0.05, 0.1) is 12.5 Å². The minimum Gasteiger partial charge on any atom is -0.481 e. The SMILES string of the molecule is O=C(CC1CCCCC1)NCC(=O)NC1CC(C(=O)O)C1. The Morgan fingerprint density at radius 2 is 1.67 bits per heavy atom. The van der Waals surface area contributed by atoms with E-state index in [1.165, 1.54) is 19.3 Å². The maximum Gasteiger partial charge on any atom is 0.306 e. The van der Waals surface area contributed by atoms with E-state index in [0.29, 0.717) is 25.2 Å². The predicted molar refractivity (Wildman–Crippen MR) is 76.5 cm³/mol. The monoisotopic (exact) mass is 296 g/mol. The van der Waals surface area contributed by atoms with Gasteiger partial charge in [-0.2, -0.15) is 0 Å². The molecule has 0 heterocycles. The Hall–Kier alpha value is -1.59. The third-order valence-corrected chi connectivity index (χ3v) is 4.50. The lowest BCUT2D eigenvalue weighted by Crippen LogP contribution is -2.49. The molecule has 0 spiro atoms. The number of aliphatic carboxylic acids is 1. The highest BCUT2D eigenvalue weighted by molar-refractivity contribution is 5.85. The van der Waals surface area contributed by atoms with Crippen molar-refractivity contribution in [2.45, 2.75) is 57.4 Å². The smallest absolute Gasteiger partial charge is 0.306 e. The third-order valence-electron chi connectivity index (χ3n) is 4.50. The zero-order valence-corrected chi connectivity index (χ0v) is 12.3. The maximum absolute atomic E-state index is 11.8. The molecule has 2 aliphatic carbocycles. The summed E-state index contributed by atoms with van der Waals surface area (Å²) >= 11 is 0. The largest absolute Gasteiger partial charge is 0.481 e. The number of hydrogen-bond acceptors (Lipinski definition) is 3. The van der Waals surface area contributed by atoms with Gasteiger partial charge in [-0.05, 0) is 31.6 Å². The first-order valence-electron chi connectivity index (χ1n) is 7.83. The van der Waals surface area contributed by atoms with Gasteiger partial charge in [0.25, 0.3) is 0 Å². The number of carbonyl (C=O) groups is 3. The molecule has 0 saturated heterocycles. The number of carboxylic acids is 1. The Morgan fingerprint density at radius 3 is 2.29 bits per heavy atom. The molecule has 2 fully saturated rings. The van der Waals surface area contributed by atoms with Gasteiger partial charge in [-0.3, -0.25) is 14.4 Å². The molecule has 0 radical (unpaired) electrons. The molecule has 2 amide bonds. The molecule has 118 valence electrons. The molecule has 0 unspecified atom stereocenters. The van der Waals surface area contributed by atoms with E-state index in [2.05, 4.69) is 10.6 Å². The maximum atomic E-state index is 11.8. The van der Waals surface area contributed by atoms with E-state index in [4.69, 9.17) is 5.11 Å². The van der Waals surface area contributed by atoms with Crippen molar-refractivity contribution >= 4 is 17.8 Å². The number of rotatable bonds is 6. The Balaban J connectivity index is 1.56. The lowest BCUT2D eigenvalue weighted by Gasteiger charge is -2.32. The number of hydrogen-bond donors (Lipinski definition) is 3. The molecule has 0 atom stereocenters. The van der Waals surface area contributed by atoms with Gasteiger partial charge in [0.1, 0.15) is 0 Å². The molecule has 2 rings (SSSR count). The fourth-order valence-corrected chi connectivity index (χ4v) is 3.12. The van der Waals surface area contributed by atoms with Crippen molar-refractivity contribution in [3.05, 3.63) is 0 Å². The van der Waals surface area contributed by atoms with Crippen molar-refractivity contribution in [2.24, 2.45) is 11.8 Å². The van der Waals surface area contributed by atoms with Crippen LogP contribution in [0.25, 0.3) is 0 Å². The van der Waals surface area contributed by atoms with E-state index in [1.54, 1.807) is 0 Å². The van der Waals surface area contributed by atoms with Crippen LogP contribution in [0.4, 0.5) is 0 Å². The van der Waals surface area contributed by atoms with Crippen molar-refractivity contribution in [2.75, 3.05) is 6.54 Å². The topological polar surface area (TPSA) is 95.5 Å². The van der Waals surface area contributed by atoms with Gasteiger partial charge in [0.2, 0.25) is 11.8 Å². The fourth-order valence-electron chi connectivity index (χ4n) is 3.12. The molecule has 2 saturated carbocycles. The molecule has 2 aliphatic rings. The number of carboxylic acid groups (broad SMARTS) is 1. The summed E-state index contributed by atoms with van der Waals surface area (Å²) in [5.74, 6) is -0.975. The van der Waals surface area contributed by atoms with Crippen LogP contribution in [-0.4, -0.2) is 35.5 Å². The summed E-state index contributed by atoms with van der Waals surface area (Å²) in [4.78, 5) is 34.1. The van der Waals surface area contributed by atoms with Crippen LogP contribution in [0, 0.1) is 11.8 Å². The fraction of sp³-hybridized carbons (Fsp3) is 0.800. The third kappa shape index (κ3) is 5.02. The Bertz CT molecular complexity index is 398. The first-order valence-corrected chi connectivity index (χ1v) is 7.83. The second-order valence-corrected chi connectivity index (χ2v) is 6.26. The predicted octanol–water partition coefficient (Wildman–Crippen LogP) is 1.05. The van der Waals surface area contributed by atoms with Gasteiger partial charge in [-0.15, -0.1) is 0 Å². The van der Waals surface area contributed by atoms with E-state index in [-0.39, 0.29) is 30.3 Å². The minimum atomic E-state index is -0.804. The molecular formula is C15H24N2O4. The second-order valence-electron chi connectivity index (χ2n) is 6.26. The van der Waals surface area contributed by atoms with Gasteiger partial charge in [0, 0.05) is 12.5 Å². The van der Waals surface area contributed by atoms with Crippen LogP contribution >= 0.6 is 0 Å². The number of amides is 2. The van der Waals surface area contributed by atoms with Gasteiger partial charge in [0.15, 0.2) is 0 Å². The molecule has 0 bridgehead atoms. The minimum absolute atomic E-state index is 0.0141. The summed E-state index contributed by atoms with van der Waals surface area (Å²) in [6, 6.07) is -0.0613. The molecule has 21 heavy (non-hydrogen) atoms. The lowest BCUT2D eigenvalue weighted by atomic mass is 9.80. The van der Waals surface area contributed by atoms with E-state index < -0.39 is 5.97 Å². The summed E-state index contributed by atoms with van der Waals surface area (Å²) in [5, 5.41) is 14.1. The highest BCUT2D eigenvalue weighted by Crippen LogP contribution is 2.27. The zero-order valence-electron chi connectivity index (χ0n) is 12.3. The average Bonchev–Trinajstić information content (AvgIpc) is 2.41. The first-order chi connectivity index (χ1) is 10.0. The summed E-state index contributed by atoms with van der Waals surface area (Å²) in [6.45, 7) is -0.0141. The first kappa shape index (κ1) is 15.8. The number of nitrogens with one attached hydrogen (secondary N) is 2. The standard InChI is InChI=1S/C15H24N2O4/c18-13(6-10-4-2-1-3-5-10)16-9-14(19)17-12-7-11(8-12)15(20)21/h10-12H,1-9H2,(H,16,18)(H,17,19)(H,20,21). The van der Waals surface area contributed by atoms with Crippen molar-refractivity contribution in [1.29, 1.82) is 0 Å². The quantitative estimate of drug-likeness (QED) is 0.682. The molecule has 0 aromatic heterocycles. The van der Waals surface area contributed by atoms with E-state index >= 15 is 0 Å². The van der Waals surface area contributed by atoms with Crippen LogP contribution in [0.15, 0.2) is 0 Å². The second kappa shape index (κ2) is 7.43.